The summed E-state index contributed by atoms with van der Waals surface area (Å²) < 4.78 is 5.57. The molecule has 1 aliphatic heterocycles. The molecule has 3 aromatic rings. The number of rotatable bonds is 6. The molecule has 176 valence electrons. The highest BCUT2D eigenvalue weighted by molar-refractivity contribution is 6.05. The van der Waals surface area contributed by atoms with E-state index in [2.05, 4.69) is 22.2 Å². The fourth-order valence-electron chi connectivity index (χ4n) is 4.27. The van der Waals surface area contributed by atoms with E-state index in [-0.39, 0.29) is 11.7 Å². The number of piperazine rings is 1. The molecule has 1 fully saturated rings. The molecule has 0 aliphatic carbocycles. The maximum Gasteiger partial charge on any atom is 0.255 e. The molecule has 0 atom stereocenters. The molecule has 4 rings (SSSR count). The molecule has 6 nitrogen and oxygen atoms in total. The second kappa shape index (κ2) is 10.1. The normalized spacial score (nSPS) is 14.1. The third-order valence-corrected chi connectivity index (χ3v) is 6.37. The molecule has 6 heteroatoms. The van der Waals surface area contributed by atoms with Gasteiger partial charge in [0.15, 0.2) is 5.78 Å². The highest BCUT2D eigenvalue weighted by atomic mass is 16.5. The number of ketones is 1. The number of likely N-dealkylation sites (N-methyl/N-ethyl adjacent to an activating group) is 1. The molecule has 0 bridgehead atoms. The third-order valence-electron chi connectivity index (χ3n) is 6.37. The number of hydrogen-bond acceptors (Lipinski definition) is 5. The maximum atomic E-state index is 12.9. The van der Waals surface area contributed by atoms with Gasteiger partial charge in [0.1, 0.15) is 5.75 Å². The molecule has 0 radical (unpaired) electrons. The molecule has 1 aliphatic rings. The molecule has 0 spiro atoms. The monoisotopic (exact) mass is 457 g/mol. The van der Waals surface area contributed by atoms with E-state index in [4.69, 9.17) is 4.74 Å². The molecule has 34 heavy (non-hydrogen) atoms. The Labute approximate surface area is 201 Å². The predicted octanol–water partition coefficient (Wildman–Crippen LogP) is 4.88. The number of hydrogen-bond donors (Lipinski definition) is 1. The lowest BCUT2D eigenvalue weighted by molar-refractivity contribution is 0.101. The average molecular weight is 458 g/mol. The lowest BCUT2D eigenvalue weighted by Crippen LogP contribution is -2.44. The minimum Gasteiger partial charge on any atom is -0.495 e. The number of ether oxygens (including phenoxy) is 1. The van der Waals surface area contributed by atoms with Gasteiger partial charge in [-0.25, -0.2) is 0 Å². The van der Waals surface area contributed by atoms with E-state index in [1.165, 1.54) is 0 Å². The number of carbonyl (C=O) groups excluding carboxylic acids is 2. The van der Waals surface area contributed by atoms with Gasteiger partial charge in [-0.2, -0.15) is 0 Å². The van der Waals surface area contributed by atoms with Crippen molar-refractivity contribution in [1.82, 2.24) is 4.90 Å². The number of Topliss-reactive ketones (excluding diaryl/α,β-unsaturated/α-hetero) is 1. The zero-order valence-electron chi connectivity index (χ0n) is 20.2. The van der Waals surface area contributed by atoms with Crippen LogP contribution in [0.4, 0.5) is 11.4 Å². The number of benzene rings is 3. The van der Waals surface area contributed by atoms with Gasteiger partial charge in [-0.3, -0.25) is 9.59 Å². The van der Waals surface area contributed by atoms with E-state index in [1.54, 1.807) is 14.0 Å². The van der Waals surface area contributed by atoms with Crippen LogP contribution in [0.3, 0.4) is 0 Å². The minimum atomic E-state index is -0.162. The molecule has 0 unspecified atom stereocenters. The van der Waals surface area contributed by atoms with Crippen LogP contribution in [0, 0.1) is 6.92 Å². The molecular formula is C28H31N3O3. The van der Waals surface area contributed by atoms with E-state index >= 15 is 0 Å². The van der Waals surface area contributed by atoms with Crippen molar-refractivity contribution in [2.45, 2.75) is 13.8 Å². The number of methoxy groups -OCH3 is 1. The van der Waals surface area contributed by atoms with Crippen LogP contribution in [-0.2, 0) is 0 Å². The van der Waals surface area contributed by atoms with E-state index in [9.17, 15) is 9.59 Å². The maximum absolute atomic E-state index is 12.9. The van der Waals surface area contributed by atoms with Crippen LogP contribution in [-0.4, -0.2) is 56.9 Å². The van der Waals surface area contributed by atoms with Crippen molar-refractivity contribution < 1.29 is 14.3 Å². The van der Waals surface area contributed by atoms with Crippen molar-refractivity contribution in [2.75, 3.05) is 50.6 Å². The van der Waals surface area contributed by atoms with Gasteiger partial charge >= 0.3 is 0 Å². The van der Waals surface area contributed by atoms with Gasteiger partial charge in [0.05, 0.1) is 12.8 Å². The average Bonchev–Trinajstić information content (AvgIpc) is 2.84. The zero-order chi connectivity index (χ0) is 24.2. The first kappa shape index (κ1) is 23.5. The Morgan fingerprint density at radius 1 is 0.882 bits per heavy atom. The van der Waals surface area contributed by atoms with Gasteiger partial charge in [0.25, 0.3) is 5.91 Å². The summed E-state index contributed by atoms with van der Waals surface area (Å²) in [5.74, 6) is 0.693. The first-order valence-electron chi connectivity index (χ1n) is 11.5. The van der Waals surface area contributed by atoms with E-state index in [0.29, 0.717) is 11.1 Å². The SMILES string of the molecule is COc1ccc(NC(=O)c2ccc(-c3ccc(C(C)=O)cc3C)cc2)cc1N1CCN(C)CC1. The molecule has 1 heterocycles. The highest BCUT2D eigenvalue weighted by Crippen LogP contribution is 2.32. The third kappa shape index (κ3) is 5.13. The fraction of sp³-hybridized carbons (Fsp3) is 0.286. The van der Waals surface area contributed by atoms with Gasteiger partial charge in [-0.05, 0) is 74.0 Å². The van der Waals surface area contributed by atoms with Crippen LogP contribution in [0.2, 0.25) is 0 Å². The van der Waals surface area contributed by atoms with Crippen molar-refractivity contribution in [3.63, 3.8) is 0 Å². The quantitative estimate of drug-likeness (QED) is 0.535. The Kier molecular flexibility index (Phi) is 6.98. The lowest BCUT2D eigenvalue weighted by Gasteiger charge is -2.34. The second-order valence-electron chi connectivity index (χ2n) is 8.79. The summed E-state index contributed by atoms with van der Waals surface area (Å²) in [6.45, 7) is 7.37. The number of amides is 1. The molecule has 1 N–H and O–H groups in total. The molecule has 1 saturated heterocycles. The summed E-state index contributed by atoms with van der Waals surface area (Å²) in [6.07, 6.45) is 0. The first-order valence-corrected chi connectivity index (χ1v) is 11.5. The molecule has 1 amide bonds. The summed E-state index contributed by atoms with van der Waals surface area (Å²) >= 11 is 0. The smallest absolute Gasteiger partial charge is 0.255 e. The van der Waals surface area contributed by atoms with E-state index in [1.807, 2.05) is 67.6 Å². The zero-order valence-corrected chi connectivity index (χ0v) is 20.2. The summed E-state index contributed by atoms with van der Waals surface area (Å²) in [5.41, 5.74) is 6.09. The minimum absolute atomic E-state index is 0.0518. The van der Waals surface area contributed by atoms with Crippen LogP contribution in [0.5, 0.6) is 5.75 Å². The fourth-order valence-corrected chi connectivity index (χ4v) is 4.27. The Morgan fingerprint density at radius 3 is 2.18 bits per heavy atom. The Bertz CT molecular complexity index is 1200. The first-order chi connectivity index (χ1) is 16.4. The summed E-state index contributed by atoms with van der Waals surface area (Å²) in [6, 6.07) is 19.0. The van der Waals surface area contributed by atoms with Gasteiger partial charge < -0.3 is 19.9 Å². The topological polar surface area (TPSA) is 61.9 Å². The number of nitrogens with one attached hydrogen (secondary N) is 1. The van der Waals surface area contributed by atoms with E-state index in [0.717, 1.165) is 60.0 Å². The lowest BCUT2D eigenvalue weighted by atomic mass is 9.96. The number of nitrogens with zero attached hydrogens (tertiary/aromatic N) is 2. The Hall–Kier alpha value is -3.64. The van der Waals surface area contributed by atoms with Crippen LogP contribution >= 0.6 is 0 Å². The number of anilines is 2. The summed E-state index contributed by atoms with van der Waals surface area (Å²) in [4.78, 5) is 29.1. The van der Waals surface area contributed by atoms with Crippen LogP contribution in [0.15, 0.2) is 60.7 Å². The van der Waals surface area contributed by atoms with Gasteiger partial charge in [0, 0.05) is 43.0 Å². The largest absolute Gasteiger partial charge is 0.495 e. The van der Waals surface area contributed by atoms with Crippen LogP contribution in [0.1, 0.15) is 33.2 Å². The summed E-state index contributed by atoms with van der Waals surface area (Å²) in [7, 11) is 3.79. The van der Waals surface area contributed by atoms with E-state index < -0.39 is 0 Å². The highest BCUT2D eigenvalue weighted by Gasteiger charge is 2.19. The molecule has 3 aromatic carbocycles. The second-order valence-corrected chi connectivity index (χ2v) is 8.79. The number of aryl methyl sites for hydroxylation is 1. The van der Waals surface area contributed by atoms with Crippen molar-refractivity contribution in [1.29, 1.82) is 0 Å². The van der Waals surface area contributed by atoms with Crippen LogP contribution < -0.4 is 15.0 Å². The number of carbonyl (C=O) groups is 2. The van der Waals surface area contributed by atoms with Crippen molar-refractivity contribution >= 4 is 23.1 Å². The Morgan fingerprint density at radius 2 is 1.56 bits per heavy atom. The van der Waals surface area contributed by atoms with Crippen molar-refractivity contribution in [3.05, 3.63) is 77.4 Å². The van der Waals surface area contributed by atoms with Gasteiger partial charge in [-0.1, -0.05) is 24.3 Å². The molecular weight excluding hydrogens is 426 g/mol. The van der Waals surface area contributed by atoms with Crippen molar-refractivity contribution in [3.8, 4) is 16.9 Å². The Balaban J connectivity index is 1.50. The van der Waals surface area contributed by atoms with Gasteiger partial charge in [0.2, 0.25) is 0 Å². The summed E-state index contributed by atoms with van der Waals surface area (Å²) in [5, 5.41) is 3.02. The molecule has 0 aromatic heterocycles. The molecule has 0 saturated carbocycles. The van der Waals surface area contributed by atoms with Gasteiger partial charge in [-0.15, -0.1) is 0 Å². The predicted molar refractivity (Wildman–Crippen MR) is 137 cm³/mol. The standard InChI is InChI=1S/C28H31N3O3/c1-19-17-23(20(2)32)9-11-25(19)21-5-7-22(8-6-21)28(33)29-24-10-12-27(34-4)26(18-24)31-15-13-30(3)14-16-31/h5-12,17-18H,13-16H2,1-4H3,(H,29,33). The van der Waals surface area contributed by atoms with Crippen LogP contribution in [0.25, 0.3) is 11.1 Å². The van der Waals surface area contributed by atoms with Crippen molar-refractivity contribution in [2.24, 2.45) is 0 Å².